The molecule has 1 aromatic carbocycles. The lowest BCUT2D eigenvalue weighted by molar-refractivity contribution is 0.0595. The highest BCUT2D eigenvalue weighted by Gasteiger charge is 2.35. The lowest BCUT2D eigenvalue weighted by Crippen LogP contribution is -2.34. The molecule has 0 bridgehead atoms. The van der Waals surface area contributed by atoms with Crippen LogP contribution < -0.4 is 10.5 Å². The second kappa shape index (κ2) is 9.41. The molecule has 176 valence electrons. The molecule has 0 aliphatic carbocycles. The number of nitrogens with one attached hydrogen (secondary N) is 2. The molecule has 0 aliphatic heterocycles. The molecule has 2 aromatic heterocycles. The molecule has 2 heterocycles. The molecule has 13 heteroatoms. The maximum Gasteiger partial charge on any atom is 0.434 e. The third-order valence-corrected chi connectivity index (χ3v) is 6.77. The highest BCUT2D eigenvalue weighted by Crippen LogP contribution is 2.35. The Morgan fingerprint density at radius 2 is 2.03 bits per heavy atom. The Morgan fingerprint density at radius 1 is 1.33 bits per heavy atom. The summed E-state index contributed by atoms with van der Waals surface area (Å²) in [5, 5.41) is 5.12. The zero-order chi connectivity index (χ0) is 24.5. The van der Waals surface area contributed by atoms with Crippen molar-refractivity contribution in [3.05, 3.63) is 73.9 Å². The van der Waals surface area contributed by atoms with Crippen molar-refractivity contribution >= 4 is 27.6 Å². The van der Waals surface area contributed by atoms with Gasteiger partial charge in [0.15, 0.2) is 5.03 Å². The predicted molar refractivity (Wildman–Crippen MR) is 115 cm³/mol. The summed E-state index contributed by atoms with van der Waals surface area (Å²) in [6, 6.07) is 2.60. The lowest BCUT2D eigenvalue weighted by atomic mass is 9.88. The fraction of sp³-hybridized carbons (Fsp3) is 0.300. The van der Waals surface area contributed by atoms with Gasteiger partial charge in [0, 0.05) is 12.1 Å². The van der Waals surface area contributed by atoms with Crippen LogP contribution in [0, 0.1) is 19.7 Å². The fourth-order valence-corrected chi connectivity index (χ4v) is 4.92. The standard InChI is InChI=1S/C20H20ClFN4O6S/c1-9-5-6-14(22)15(10(9)2)11(3)16(17-24-25-20(28)32-17)26-33(29,30)18-13(19(27)31-4)7-12(21)8-23-18/h5-8,11,16,26H,1-4H3,(H,25,28)/t11-,16+/m1/s1. The minimum absolute atomic E-state index is 0.00928. The van der Waals surface area contributed by atoms with E-state index in [1.165, 1.54) is 6.07 Å². The molecule has 2 N–H and O–H groups in total. The van der Waals surface area contributed by atoms with Crippen LogP contribution in [0.25, 0.3) is 0 Å². The van der Waals surface area contributed by atoms with E-state index in [4.69, 9.17) is 16.0 Å². The van der Waals surface area contributed by atoms with Gasteiger partial charge in [-0.25, -0.2) is 32.5 Å². The van der Waals surface area contributed by atoms with Crippen LogP contribution in [0.15, 0.2) is 38.6 Å². The van der Waals surface area contributed by atoms with Crippen LogP contribution in [-0.2, 0) is 14.8 Å². The van der Waals surface area contributed by atoms with Gasteiger partial charge in [0.1, 0.15) is 11.9 Å². The van der Waals surface area contributed by atoms with Gasteiger partial charge in [0.2, 0.25) is 5.89 Å². The van der Waals surface area contributed by atoms with Crippen LogP contribution in [0.3, 0.4) is 0 Å². The number of halogens is 2. The quantitative estimate of drug-likeness (QED) is 0.473. The molecule has 0 unspecified atom stereocenters. The number of carbonyl (C=O) groups excluding carboxylic acids is 1. The lowest BCUT2D eigenvalue weighted by Gasteiger charge is -2.25. The Kier molecular flexibility index (Phi) is 7.00. The zero-order valence-corrected chi connectivity index (χ0v) is 19.5. The Morgan fingerprint density at radius 3 is 2.64 bits per heavy atom. The molecular weight excluding hydrogens is 479 g/mol. The van der Waals surface area contributed by atoms with E-state index in [2.05, 4.69) is 24.6 Å². The highest BCUT2D eigenvalue weighted by molar-refractivity contribution is 7.89. The van der Waals surface area contributed by atoms with Crippen molar-refractivity contribution in [2.45, 2.75) is 37.8 Å². The van der Waals surface area contributed by atoms with Crippen molar-refractivity contribution in [1.82, 2.24) is 19.9 Å². The molecule has 33 heavy (non-hydrogen) atoms. The van der Waals surface area contributed by atoms with E-state index in [-0.39, 0.29) is 16.5 Å². The number of esters is 1. The van der Waals surface area contributed by atoms with Gasteiger partial charge in [-0.05, 0) is 42.7 Å². The first-order valence-corrected chi connectivity index (χ1v) is 11.4. The first-order valence-electron chi connectivity index (χ1n) is 9.53. The maximum absolute atomic E-state index is 14.8. The highest BCUT2D eigenvalue weighted by atomic mass is 35.5. The second-order valence-corrected chi connectivity index (χ2v) is 9.31. The molecular formula is C20H20ClFN4O6S. The summed E-state index contributed by atoms with van der Waals surface area (Å²) in [6.45, 7) is 5.01. The van der Waals surface area contributed by atoms with Crippen LogP contribution >= 0.6 is 11.6 Å². The number of carbonyl (C=O) groups is 1. The molecule has 10 nitrogen and oxygen atoms in total. The summed E-state index contributed by atoms with van der Waals surface area (Å²) in [5.41, 5.74) is 1.15. The molecule has 2 atom stereocenters. The van der Waals surface area contributed by atoms with E-state index in [9.17, 15) is 22.4 Å². The third-order valence-electron chi connectivity index (χ3n) is 5.17. The molecule has 3 aromatic rings. The van der Waals surface area contributed by atoms with Gasteiger partial charge in [-0.3, -0.25) is 0 Å². The van der Waals surface area contributed by atoms with E-state index in [0.29, 0.717) is 5.56 Å². The van der Waals surface area contributed by atoms with Gasteiger partial charge in [-0.1, -0.05) is 24.6 Å². The van der Waals surface area contributed by atoms with Crippen molar-refractivity contribution in [1.29, 1.82) is 0 Å². The average Bonchev–Trinajstić information content (AvgIpc) is 3.20. The summed E-state index contributed by atoms with van der Waals surface area (Å²) >= 11 is 5.86. The molecule has 0 amide bonds. The number of rotatable bonds is 7. The van der Waals surface area contributed by atoms with Crippen LogP contribution in [0.4, 0.5) is 4.39 Å². The summed E-state index contributed by atoms with van der Waals surface area (Å²) < 4.78 is 53.3. The number of sulfonamides is 1. The summed E-state index contributed by atoms with van der Waals surface area (Å²) in [5.74, 6) is -3.71. The Hall–Kier alpha value is -3.09. The maximum atomic E-state index is 14.8. The number of methoxy groups -OCH3 is 1. The zero-order valence-electron chi connectivity index (χ0n) is 18.0. The van der Waals surface area contributed by atoms with Gasteiger partial charge in [0.25, 0.3) is 10.0 Å². The molecule has 0 radical (unpaired) electrons. The van der Waals surface area contributed by atoms with E-state index >= 15 is 0 Å². The average molecular weight is 499 g/mol. The number of hydrogen-bond donors (Lipinski definition) is 2. The summed E-state index contributed by atoms with van der Waals surface area (Å²) in [6.07, 6.45) is 1.04. The Bertz CT molecular complexity index is 1370. The van der Waals surface area contributed by atoms with E-state index in [0.717, 1.165) is 24.9 Å². The third kappa shape index (κ3) is 4.97. The van der Waals surface area contributed by atoms with E-state index in [1.54, 1.807) is 26.8 Å². The SMILES string of the molecule is COC(=O)c1cc(Cl)cnc1S(=O)(=O)N[C@H](c1n[nH]c(=O)o1)[C@H](C)c1c(F)ccc(C)c1C. The largest absolute Gasteiger partial charge is 0.465 e. The molecule has 0 saturated carbocycles. The van der Waals surface area contributed by atoms with Crippen LogP contribution in [0.5, 0.6) is 0 Å². The van der Waals surface area contributed by atoms with Crippen molar-refractivity contribution in [3.63, 3.8) is 0 Å². The minimum Gasteiger partial charge on any atom is -0.465 e. The molecule has 3 rings (SSSR count). The van der Waals surface area contributed by atoms with Gasteiger partial charge in [0.05, 0.1) is 17.7 Å². The van der Waals surface area contributed by atoms with Crippen LogP contribution in [-0.4, -0.2) is 36.7 Å². The Balaban J connectivity index is 2.14. The van der Waals surface area contributed by atoms with E-state index < -0.39 is 50.1 Å². The first-order chi connectivity index (χ1) is 15.5. The number of pyridine rings is 1. The molecule has 0 aliphatic rings. The van der Waals surface area contributed by atoms with Gasteiger partial charge in [-0.2, -0.15) is 4.72 Å². The van der Waals surface area contributed by atoms with Crippen molar-refractivity contribution in [3.8, 4) is 0 Å². The van der Waals surface area contributed by atoms with Crippen LogP contribution in [0.2, 0.25) is 5.02 Å². The molecule has 0 spiro atoms. The van der Waals surface area contributed by atoms with Crippen LogP contribution in [0.1, 0.15) is 51.8 Å². The first kappa shape index (κ1) is 24.6. The van der Waals surface area contributed by atoms with Gasteiger partial charge in [-0.15, -0.1) is 5.10 Å². The number of nitrogens with zero attached hydrogens (tertiary/aromatic N) is 2. The van der Waals surface area contributed by atoms with Crippen molar-refractivity contribution < 1.29 is 26.8 Å². The number of hydrogen-bond acceptors (Lipinski definition) is 8. The number of H-pyrrole nitrogens is 1. The number of aryl methyl sites for hydroxylation is 1. The summed E-state index contributed by atoms with van der Waals surface area (Å²) in [7, 11) is -3.48. The predicted octanol–water partition coefficient (Wildman–Crippen LogP) is 2.78. The van der Waals surface area contributed by atoms with Gasteiger partial charge >= 0.3 is 11.7 Å². The fourth-order valence-electron chi connectivity index (χ4n) is 3.39. The smallest absolute Gasteiger partial charge is 0.434 e. The topological polar surface area (TPSA) is 144 Å². The normalized spacial score (nSPS) is 13.5. The second-order valence-electron chi connectivity index (χ2n) is 7.24. The number of aromatic amines is 1. The number of benzene rings is 1. The van der Waals surface area contributed by atoms with E-state index in [1.807, 2.05) is 0 Å². The van der Waals surface area contributed by atoms with Gasteiger partial charge < -0.3 is 9.15 Å². The number of ether oxygens (including phenoxy) is 1. The molecule has 0 fully saturated rings. The molecule has 0 saturated heterocycles. The Labute approximate surface area is 193 Å². The summed E-state index contributed by atoms with van der Waals surface area (Å²) in [4.78, 5) is 27.5. The monoisotopic (exact) mass is 498 g/mol. The van der Waals surface area contributed by atoms with Crippen molar-refractivity contribution in [2.75, 3.05) is 7.11 Å². The number of aromatic nitrogens is 3. The minimum atomic E-state index is -4.55. The van der Waals surface area contributed by atoms with Crippen molar-refractivity contribution in [2.24, 2.45) is 0 Å².